The number of thiazole rings is 1. The van der Waals surface area contributed by atoms with Crippen molar-refractivity contribution in [3.05, 3.63) is 60.3 Å². The number of benzene rings is 1. The molecule has 3 heterocycles. The molecule has 4 aromatic rings. The van der Waals surface area contributed by atoms with E-state index in [2.05, 4.69) is 38.5 Å². The molecule has 4 rings (SSSR count). The Kier molecular flexibility index (Phi) is 3.95. The van der Waals surface area contributed by atoms with Crippen molar-refractivity contribution in [3.63, 3.8) is 0 Å². The number of aromatic nitrogens is 5. The summed E-state index contributed by atoms with van der Waals surface area (Å²) in [6.07, 6.45) is 6.00. The maximum Gasteiger partial charge on any atom is 0.277 e. The molecule has 3 aromatic heterocycles. The van der Waals surface area contributed by atoms with Gasteiger partial charge in [-0.1, -0.05) is 24.3 Å². The van der Waals surface area contributed by atoms with Crippen LogP contribution in [0.4, 0.5) is 5.13 Å². The molecule has 1 N–H and O–H groups in total. The fourth-order valence-electron chi connectivity index (χ4n) is 2.38. The Balaban J connectivity index is 1.53. The normalized spacial score (nSPS) is 10.9. The van der Waals surface area contributed by atoms with Crippen LogP contribution in [-0.4, -0.2) is 30.6 Å². The highest BCUT2D eigenvalue weighted by Crippen LogP contribution is 2.27. The first-order valence-electron chi connectivity index (χ1n) is 7.76. The summed E-state index contributed by atoms with van der Waals surface area (Å²) in [6.45, 7) is 2.11. The van der Waals surface area contributed by atoms with Crippen LogP contribution in [0.15, 0.2) is 49.1 Å². The maximum atomic E-state index is 12.3. The van der Waals surface area contributed by atoms with E-state index in [1.165, 1.54) is 16.9 Å². The highest BCUT2D eigenvalue weighted by molar-refractivity contribution is 7.22. The Morgan fingerprint density at radius 2 is 2.16 bits per heavy atom. The Morgan fingerprint density at radius 3 is 2.88 bits per heavy atom. The molecule has 0 bridgehead atoms. The lowest BCUT2D eigenvalue weighted by atomic mass is 10.2. The third-order valence-corrected chi connectivity index (χ3v) is 4.67. The maximum absolute atomic E-state index is 12.3. The van der Waals surface area contributed by atoms with Gasteiger partial charge in [0.05, 0.1) is 10.2 Å². The molecule has 0 saturated carbocycles. The van der Waals surface area contributed by atoms with Crippen molar-refractivity contribution >= 4 is 32.6 Å². The fourth-order valence-corrected chi connectivity index (χ4v) is 3.31. The number of carbonyl (C=O) groups is 1. The van der Waals surface area contributed by atoms with Crippen LogP contribution in [-0.2, 0) is 6.42 Å². The van der Waals surface area contributed by atoms with Crippen LogP contribution in [0.1, 0.15) is 23.0 Å². The predicted octanol–water partition coefficient (Wildman–Crippen LogP) is 3.09. The topological polar surface area (TPSA) is 85.6 Å². The Bertz CT molecular complexity index is 1020. The molecule has 0 saturated heterocycles. The van der Waals surface area contributed by atoms with Gasteiger partial charge in [-0.05, 0) is 36.2 Å². The zero-order valence-corrected chi connectivity index (χ0v) is 14.2. The third kappa shape index (κ3) is 3.11. The average Bonchev–Trinajstić information content (AvgIpc) is 3.30. The molecule has 7 nitrogen and oxygen atoms in total. The second kappa shape index (κ2) is 6.40. The average molecular weight is 350 g/mol. The van der Waals surface area contributed by atoms with Crippen molar-refractivity contribution in [2.45, 2.75) is 13.3 Å². The number of hydrogen-bond donors (Lipinski definition) is 1. The van der Waals surface area contributed by atoms with Crippen LogP contribution in [0, 0.1) is 0 Å². The Hall–Kier alpha value is -3.13. The first kappa shape index (κ1) is 15.4. The van der Waals surface area contributed by atoms with Crippen LogP contribution in [0.25, 0.3) is 16.0 Å². The molecular formula is C17H14N6OS. The van der Waals surface area contributed by atoms with Crippen molar-refractivity contribution in [2.75, 3.05) is 5.32 Å². The monoisotopic (exact) mass is 350 g/mol. The van der Waals surface area contributed by atoms with Crippen LogP contribution in [0.3, 0.4) is 0 Å². The molecule has 0 spiro atoms. The van der Waals surface area contributed by atoms with Gasteiger partial charge in [-0.2, -0.15) is 0 Å². The number of hydrogen-bond acceptors (Lipinski definition) is 6. The van der Waals surface area contributed by atoms with Gasteiger partial charge in [0.15, 0.2) is 16.6 Å². The fraction of sp³-hybridized carbons (Fsp3) is 0.118. The minimum atomic E-state index is -0.334. The van der Waals surface area contributed by atoms with Crippen molar-refractivity contribution < 1.29 is 4.79 Å². The van der Waals surface area contributed by atoms with E-state index >= 15 is 0 Å². The summed E-state index contributed by atoms with van der Waals surface area (Å²) >= 11 is 1.45. The highest BCUT2D eigenvalue weighted by Gasteiger charge is 2.12. The third-order valence-electron chi connectivity index (χ3n) is 3.73. The number of imidazole rings is 1. The van der Waals surface area contributed by atoms with Gasteiger partial charge in [0, 0.05) is 12.4 Å². The predicted molar refractivity (Wildman–Crippen MR) is 96.1 cm³/mol. The summed E-state index contributed by atoms with van der Waals surface area (Å²) < 4.78 is 2.77. The van der Waals surface area contributed by atoms with Crippen molar-refractivity contribution in [1.29, 1.82) is 0 Å². The molecular weight excluding hydrogens is 336 g/mol. The van der Waals surface area contributed by atoms with Crippen molar-refractivity contribution in [2.24, 2.45) is 0 Å². The molecule has 0 aliphatic carbocycles. The van der Waals surface area contributed by atoms with E-state index in [9.17, 15) is 4.79 Å². The SMILES string of the molecule is CCc1ccc2nc(NC(=O)c3ccc(-n4ccnc4)nn3)sc2c1. The number of fused-ring (bicyclic) bond motifs is 1. The standard InChI is InChI=1S/C17H14N6OS/c1-2-11-3-4-12-14(9-11)25-17(19-12)20-16(24)13-5-6-15(22-21-13)23-8-7-18-10-23/h3-10H,2H2,1H3,(H,19,20,24). The van der Waals surface area contributed by atoms with Gasteiger partial charge in [-0.3, -0.25) is 14.7 Å². The van der Waals surface area contributed by atoms with Crippen LogP contribution >= 0.6 is 11.3 Å². The van der Waals surface area contributed by atoms with Gasteiger partial charge in [0.1, 0.15) is 6.33 Å². The molecule has 1 amide bonds. The number of amides is 1. The van der Waals surface area contributed by atoms with Gasteiger partial charge in [-0.15, -0.1) is 10.2 Å². The van der Waals surface area contributed by atoms with E-state index in [1.54, 1.807) is 35.4 Å². The van der Waals surface area contributed by atoms with Crippen LogP contribution < -0.4 is 5.32 Å². The number of rotatable bonds is 4. The number of anilines is 1. The lowest BCUT2D eigenvalue weighted by Crippen LogP contribution is -2.14. The smallest absolute Gasteiger partial charge is 0.277 e. The molecule has 0 unspecified atom stereocenters. The molecule has 8 heteroatoms. The summed E-state index contributed by atoms with van der Waals surface area (Å²) in [5.41, 5.74) is 2.35. The van der Waals surface area contributed by atoms with Gasteiger partial charge in [0.25, 0.3) is 5.91 Å². The number of nitrogens with zero attached hydrogens (tertiary/aromatic N) is 5. The zero-order chi connectivity index (χ0) is 17.2. The quantitative estimate of drug-likeness (QED) is 0.611. The summed E-state index contributed by atoms with van der Waals surface area (Å²) in [4.78, 5) is 20.7. The van der Waals surface area contributed by atoms with Gasteiger partial charge >= 0.3 is 0 Å². The van der Waals surface area contributed by atoms with Gasteiger partial charge in [0.2, 0.25) is 0 Å². The molecule has 25 heavy (non-hydrogen) atoms. The lowest BCUT2D eigenvalue weighted by molar-refractivity contribution is 0.102. The first-order valence-corrected chi connectivity index (χ1v) is 8.57. The molecule has 0 aliphatic rings. The molecule has 1 aromatic carbocycles. The molecule has 124 valence electrons. The molecule has 0 atom stereocenters. The van der Waals surface area contributed by atoms with Crippen molar-refractivity contribution in [1.82, 2.24) is 24.7 Å². The van der Waals surface area contributed by atoms with E-state index in [0.717, 1.165) is 16.6 Å². The molecule has 0 radical (unpaired) electrons. The summed E-state index contributed by atoms with van der Waals surface area (Å²) in [7, 11) is 0. The highest BCUT2D eigenvalue weighted by atomic mass is 32.1. The molecule has 0 fully saturated rings. The summed E-state index contributed by atoms with van der Waals surface area (Å²) in [5, 5.41) is 11.4. The minimum Gasteiger partial charge on any atom is -0.296 e. The van der Waals surface area contributed by atoms with E-state index in [-0.39, 0.29) is 11.6 Å². The Morgan fingerprint density at radius 1 is 1.24 bits per heavy atom. The van der Waals surface area contributed by atoms with E-state index < -0.39 is 0 Å². The van der Waals surface area contributed by atoms with Crippen LogP contribution in [0.5, 0.6) is 0 Å². The summed E-state index contributed by atoms with van der Waals surface area (Å²) in [5.74, 6) is 0.264. The largest absolute Gasteiger partial charge is 0.296 e. The first-order chi connectivity index (χ1) is 12.2. The number of aryl methyl sites for hydroxylation is 1. The summed E-state index contributed by atoms with van der Waals surface area (Å²) in [6, 6.07) is 9.46. The molecule has 0 aliphatic heterocycles. The second-order valence-electron chi connectivity index (χ2n) is 5.38. The Labute approximate surface area is 147 Å². The minimum absolute atomic E-state index is 0.234. The van der Waals surface area contributed by atoms with E-state index in [0.29, 0.717) is 10.9 Å². The van der Waals surface area contributed by atoms with Crippen molar-refractivity contribution in [3.8, 4) is 5.82 Å². The van der Waals surface area contributed by atoms with Gasteiger partial charge < -0.3 is 0 Å². The van der Waals surface area contributed by atoms with Crippen LogP contribution in [0.2, 0.25) is 0 Å². The number of carbonyl (C=O) groups excluding carboxylic acids is 1. The van der Waals surface area contributed by atoms with Gasteiger partial charge in [-0.25, -0.2) is 9.97 Å². The van der Waals surface area contributed by atoms with E-state index in [4.69, 9.17) is 0 Å². The lowest BCUT2D eigenvalue weighted by Gasteiger charge is -2.02. The zero-order valence-electron chi connectivity index (χ0n) is 13.4. The number of nitrogens with one attached hydrogen (secondary N) is 1. The second-order valence-corrected chi connectivity index (χ2v) is 6.41. The van der Waals surface area contributed by atoms with E-state index in [1.807, 2.05) is 12.1 Å².